The van der Waals surface area contributed by atoms with Gasteiger partial charge in [-0.3, -0.25) is 4.79 Å². The molecule has 0 bridgehead atoms. The van der Waals surface area contributed by atoms with E-state index in [9.17, 15) is 4.79 Å². The van der Waals surface area contributed by atoms with Crippen molar-refractivity contribution >= 4 is 16.8 Å². The molecule has 0 saturated heterocycles. The van der Waals surface area contributed by atoms with Crippen LogP contribution >= 0.6 is 0 Å². The van der Waals surface area contributed by atoms with Gasteiger partial charge < -0.3 is 15.0 Å². The highest BCUT2D eigenvalue weighted by Crippen LogP contribution is 2.34. The number of carbonyl (C=O) groups excluding carboxylic acids is 1. The van der Waals surface area contributed by atoms with Crippen LogP contribution in [0.15, 0.2) is 54.7 Å². The van der Waals surface area contributed by atoms with Gasteiger partial charge in [0.2, 0.25) is 5.91 Å². The molecule has 2 N–H and O–H groups in total. The highest BCUT2D eigenvalue weighted by molar-refractivity contribution is 5.86. The molecular formula is C22H26N2O2. The van der Waals surface area contributed by atoms with Crippen molar-refractivity contribution in [2.45, 2.75) is 38.6 Å². The second-order valence-electron chi connectivity index (χ2n) is 6.70. The maximum atomic E-state index is 12.6. The predicted molar refractivity (Wildman–Crippen MR) is 106 cm³/mol. The summed E-state index contributed by atoms with van der Waals surface area (Å²) in [6.07, 6.45) is 3.34. The average Bonchev–Trinajstić information content (AvgIpc) is 3.10. The predicted octanol–water partition coefficient (Wildman–Crippen LogP) is 4.61. The molecule has 26 heavy (non-hydrogen) atoms. The standard InChI is InChI=1S/C22H26N2O2/c1-4-15(2)24-22(25)13-19(16-8-7-9-17(12-16)26-3)20-14-23-21-11-6-5-10-18(20)21/h5-12,14-15,19,23H,4,13H2,1-3H3,(H,24,25). The smallest absolute Gasteiger partial charge is 0.221 e. The lowest BCUT2D eigenvalue weighted by Gasteiger charge is -2.19. The molecule has 2 atom stereocenters. The Balaban J connectivity index is 1.99. The lowest BCUT2D eigenvalue weighted by Crippen LogP contribution is -2.33. The summed E-state index contributed by atoms with van der Waals surface area (Å²) in [5.74, 6) is 0.831. The highest BCUT2D eigenvalue weighted by Gasteiger charge is 2.22. The quantitative estimate of drug-likeness (QED) is 0.653. The third-order valence-corrected chi connectivity index (χ3v) is 4.90. The van der Waals surface area contributed by atoms with Gasteiger partial charge in [-0.2, -0.15) is 0 Å². The van der Waals surface area contributed by atoms with Gasteiger partial charge in [-0.1, -0.05) is 37.3 Å². The van der Waals surface area contributed by atoms with Crippen LogP contribution < -0.4 is 10.1 Å². The molecule has 0 aliphatic heterocycles. The number of H-pyrrole nitrogens is 1. The van der Waals surface area contributed by atoms with E-state index in [-0.39, 0.29) is 17.9 Å². The van der Waals surface area contributed by atoms with Crippen molar-refractivity contribution < 1.29 is 9.53 Å². The molecule has 0 saturated carbocycles. The third-order valence-electron chi connectivity index (χ3n) is 4.90. The number of aromatic amines is 1. The van der Waals surface area contributed by atoms with E-state index < -0.39 is 0 Å². The van der Waals surface area contributed by atoms with E-state index in [1.807, 2.05) is 43.5 Å². The van der Waals surface area contributed by atoms with Gasteiger partial charge in [-0.05, 0) is 42.7 Å². The Hall–Kier alpha value is -2.75. The monoisotopic (exact) mass is 350 g/mol. The van der Waals surface area contributed by atoms with Crippen molar-refractivity contribution in [3.05, 3.63) is 65.9 Å². The van der Waals surface area contributed by atoms with Gasteiger partial charge in [0.25, 0.3) is 0 Å². The van der Waals surface area contributed by atoms with Crippen molar-refractivity contribution in [1.29, 1.82) is 0 Å². The van der Waals surface area contributed by atoms with Crippen LogP contribution in [0.25, 0.3) is 10.9 Å². The molecule has 4 heteroatoms. The minimum absolute atomic E-state index is 0.0368. The Morgan fingerprint density at radius 2 is 2.00 bits per heavy atom. The molecule has 2 aromatic carbocycles. The minimum atomic E-state index is -0.0368. The Morgan fingerprint density at radius 3 is 2.77 bits per heavy atom. The molecule has 1 aromatic heterocycles. The van der Waals surface area contributed by atoms with Crippen molar-refractivity contribution in [2.75, 3.05) is 7.11 Å². The number of nitrogens with one attached hydrogen (secondary N) is 2. The zero-order chi connectivity index (χ0) is 18.5. The zero-order valence-corrected chi connectivity index (χ0v) is 15.6. The molecule has 2 unspecified atom stereocenters. The van der Waals surface area contributed by atoms with E-state index >= 15 is 0 Å². The molecule has 0 aliphatic rings. The summed E-state index contributed by atoms with van der Waals surface area (Å²) in [5, 5.41) is 4.24. The lowest BCUT2D eigenvalue weighted by atomic mass is 9.87. The number of rotatable bonds is 7. The number of hydrogen-bond donors (Lipinski definition) is 2. The SMILES string of the molecule is CCC(C)NC(=O)CC(c1cccc(OC)c1)c1c[nH]c2ccccc12. The summed E-state index contributed by atoms with van der Waals surface area (Å²) in [5.41, 5.74) is 3.29. The van der Waals surface area contributed by atoms with Crippen LogP contribution in [0.1, 0.15) is 43.7 Å². The Labute approximate surface area is 154 Å². The fourth-order valence-corrected chi connectivity index (χ4v) is 3.27. The third kappa shape index (κ3) is 3.90. The first-order valence-corrected chi connectivity index (χ1v) is 9.11. The topological polar surface area (TPSA) is 54.1 Å². The van der Waals surface area contributed by atoms with E-state index in [1.54, 1.807) is 7.11 Å². The maximum absolute atomic E-state index is 12.6. The second kappa shape index (κ2) is 8.09. The molecule has 0 spiro atoms. The summed E-state index contributed by atoms with van der Waals surface area (Å²) < 4.78 is 5.39. The summed E-state index contributed by atoms with van der Waals surface area (Å²) in [7, 11) is 1.66. The Bertz CT molecular complexity index is 884. The minimum Gasteiger partial charge on any atom is -0.497 e. The van der Waals surface area contributed by atoms with Crippen LogP contribution in [-0.2, 0) is 4.79 Å². The second-order valence-corrected chi connectivity index (χ2v) is 6.70. The number of ether oxygens (including phenoxy) is 1. The van der Waals surface area contributed by atoms with Crippen LogP contribution in [0.5, 0.6) is 5.75 Å². The van der Waals surface area contributed by atoms with Crippen molar-refractivity contribution in [1.82, 2.24) is 10.3 Å². The number of aromatic nitrogens is 1. The van der Waals surface area contributed by atoms with Gasteiger partial charge in [0.1, 0.15) is 5.75 Å². The van der Waals surface area contributed by atoms with E-state index in [2.05, 4.69) is 35.4 Å². The van der Waals surface area contributed by atoms with E-state index in [0.717, 1.165) is 34.2 Å². The number of hydrogen-bond acceptors (Lipinski definition) is 2. The molecular weight excluding hydrogens is 324 g/mol. The molecule has 0 aliphatic carbocycles. The van der Waals surface area contributed by atoms with Crippen LogP contribution in [0.4, 0.5) is 0 Å². The van der Waals surface area contributed by atoms with Crippen LogP contribution in [0, 0.1) is 0 Å². The highest BCUT2D eigenvalue weighted by atomic mass is 16.5. The van der Waals surface area contributed by atoms with Crippen molar-refractivity contribution in [3.63, 3.8) is 0 Å². The van der Waals surface area contributed by atoms with Crippen LogP contribution in [0.3, 0.4) is 0 Å². The van der Waals surface area contributed by atoms with Gasteiger partial charge in [0.15, 0.2) is 0 Å². The number of para-hydroxylation sites is 1. The summed E-state index contributed by atoms with van der Waals surface area (Å²) in [6, 6.07) is 16.4. The maximum Gasteiger partial charge on any atom is 0.221 e. The molecule has 3 rings (SSSR count). The Morgan fingerprint density at radius 1 is 1.19 bits per heavy atom. The molecule has 1 heterocycles. The van der Waals surface area contributed by atoms with E-state index in [4.69, 9.17) is 4.74 Å². The first-order chi connectivity index (χ1) is 12.6. The molecule has 3 aromatic rings. The normalized spacial score (nSPS) is 13.3. The zero-order valence-electron chi connectivity index (χ0n) is 15.6. The number of carbonyl (C=O) groups is 1. The molecule has 0 fully saturated rings. The van der Waals surface area contributed by atoms with Crippen LogP contribution in [-0.4, -0.2) is 24.0 Å². The average molecular weight is 350 g/mol. The van der Waals surface area contributed by atoms with Crippen molar-refractivity contribution in [2.24, 2.45) is 0 Å². The Kier molecular flexibility index (Phi) is 5.61. The first kappa shape index (κ1) is 18.1. The fourth-order valence-electron chi connectivity index (χ4n) is 3.27. The van der Waals surface area contributed by atoms with Gasteiger partial charge >= 0.3 is 0 Å². The first-order valence-electron chi connectivity index (χ1n) is 9.11. The number of methoxy groups -OCH3 is 1. The summed E-state index contributed by atoms with van der Waals surface area (Å²) in [6.45, 7) is 4.11. The van der Waals surface area contributed by atoms with Gasteiger partial charge in [0, 0.05) is 35.5 Å². The number of benzene rings is 2. The molecule has 0 radical (unpaired) electrons. The molecule has 4 nitrogen and oxygen atoms in total. The van der Waals surface area contributed by atoms with Gasteiger partial charge in [0.05, 0.1) is 7.11 Å². The lowest BCUT2D eigenvalue weighted by molar-refractivity contribution is -0.121. The molecule has 136 valence electrons. The molecule has 1 amide bonds. The van der Waals surface area contributed by atoms with Crippen molar-refractivity contribution in [3.8, 4) is 5.75 Å². The van der Waals surface area contributed by atoms with E-state index in [1.165, 1.54) is 0 Å². The summed E-state index contributed by atoms with van der Waals surface area (Å²) >= 11 is 0. The number of amides is 1. The van der Waals surface area contributed by atoms with Gasteiger partial charge in [-0.15, -0.1) is 0 Å². The number of fused-ring (bicyclic) bond motifs is 1. The van der Waals surface area contributed by atoms with Crippen LogP contribution in [0.2, 0.25) is 0 Å². The van der Waals surface area contributed by atoms with E-state index in [0.29, 0.717) is 6.42 Å². The largest absolute Gasteiger partial charge is 0.497 e. The van der Waals surface area contributed by atoms with Gasteiger partial charge in [-0.25, -0.2) is 0 Å². The fraction of sp³-hybridized carbons (Fsp3) is 0.318. The summed E-state index contributed by atoms with van der Waals surface area (Å²) in [4.78, 5) is 16.0.